The van der Waals surface area contributed by atoms with Crippen LogP contribution in [0.2, 0.25) is 0 Å². The number of hydrogen-bond acceptors (Lipinski definition) is 3. The zero-order valence-electron chi connectivity index (χ0n) is 12.1. The molecular formula is C17H20N2OS. The van der Waals surface area contributed by atoms with Gasteiger partial charge in [-0.15, -0.1) is 0 Å². The third-order valence-corrected chi connectivity index (χ3v) is 4.80. The van der Waals surface area contributed by atoms with Gasteiger partial charge in [-0.2, -0.15) is 11.3 Å². The Morgan fingerprint density at radius 2 is 2.29 bits per heavy atom. The van der Waals surface area contributed by atoms with Crippen molar-refractivity contribution in [3.05, 3.63) is 52.5 Å². The topological polar surface area (TPSA) is 33.2 Å². The van der Waals surface area contributed by atoms with E-state index in [1.807, 2.05) is 35.2 Å². The van der Waals surface area contributed by atoms with E-state index in [1.54, 1.807) is 11.3 Å². The van der Waals surface area contributed by atoms with Crippen LogP contribution in [-0.4, -0.2) is 28.4 Å². The van der Waals surface area contributed by atoms with E-state index in [-0.39, 0.29) is 5.91 Å². The highest BCUT2D eigenvalue weighted by Crippen LogP contribution is 2.23. The van der Waals surface area contributed by atoms with Crippen LogP contribution < -0.4 is 0 Å². The second kappa shape index (κ2) is 6.85. The van der Waals surface area contributed by atoms with Crippen LogP contribution in [0.1, 0.15) is 41.7 Å². The van der Waals surface area contributed by atoms with E-state index in [9.17, 15) is 4.79 Å². The third kappa shape index (κ3) is 3.50. The van der Waals surface area contributed by atoms with Crippen molar-refractivity contribution in [2.45, 2.75) is 38.1 Å². The summed E-state index contributed by atoms with van der Waals surface area (Å²) in [4.78, 5) is 19.1. The maximum absolute atomic E-state index is 12.6. The smallest absolute Gasteiger partial charge is 0.254 e. The zero-order chi connectivity index (χ0) is 14.5. The molecule has 3 heterocycles. The summed E-state index contributed by atoms with van der Waals surface area (Å²) in [6.45, 7) is 0.890. The normalized spacial score (nSPS) is 18.7. The highest BCUT2D eigenvalue weighted by atomic mass is 32.1. The SMILES string of the molecule is O=C(c1ccsc1)N1CCCC[C@H]1CCc1ccccn1. The molecular weight excluding hydrogens is 280 g/mol. The molecule has 0 saturated carbocycles. The molecule has 1 aliphatic rings. The van der Waals surface area contributed by atoms with Crippen molar-refractivity contribution in [3.8, 4) is 0 Å². The van der Waals surface area contributed by atoms with Gasteiger partial charge in [0.1, 0.15) is 0 Å². The van der Waals surface area contributed by atoms with Crippen molar-refractivity contribution in [2.75, 3.05) is 6.54 Å². The first kappa shape index (κ1) is 14.3. The van der Waals surface area contributed by atoms with Crippen LogP contribution in [0.25, 0.3) is 0 Å². The van der Waals surface area contributed by atoms with Crippen molar-refractivity contribution < 1.29 is 4.79 Å². The van der Waals surface area contributed by atoms with Gasteiger partial charge in [-0.1, -0.05) is 6.07 Å². The largest absolute Gasteiger partial charge is 0.336 e. The van der Waals surface area contributed by atoms with Gasteiger partial charge in [0.05, 0.1) is 5.56 Å². The molecule has 1 atom stereocenters. The summed E-state index contributed by atoms with van der Waals surface area (Å²) in [5.41, 5.74) is 1.95. The first-order chi connectivity index (χ1) is 10.3. The Labute approximate surface area is 129 Å². The summed E-state index contributed by atoms with van der Waals surface area (Å²) in [6, 6.07) is 8.31. The lowest BCUT2D eigenvalue weighted by molar-refractivity contribution is 0.0602. The molecule has 0 unspecified atom stereocenters. The van der Waals surface area contributed by atoms with E-state index in [1.165, 1.54) is 6.42 Å². The Morgan fingerprint density at radius 1 is 1.33 bits per heavy atom. The maximum Gasteiger partial charge on any atom is 0.254 e. The minimum atomic E-state index is 0.196. The van der Waals surface area contributed by atoms with Gasteiger partial charge in [-0.3, -0.25) is 9.78 Å². The number of aryl methyl sites for hydroxylation is 1. The lowest BCUT2D eigenvalue weighted by Gasteiger charge is -2.35. The molecule has 0 radical (unpaired) electrons. The van der Waals surface area contributed by atoms with Gasteiger partial charge in [-0.05, 0) is 55.7 Å². The van der Waals surface area contributed by atoms with E-state index in [2.05, 4.69) is 16.0 Å². The number of carbonyl (C=O) groups excluding carboxylic acids is 1. The molecule has 1 aliphatic heterocycles. The van der Waals surface area contributed by atoms with Gasteiger partial charge >= 0.3 is 0 Å². The Morgan fingerprint density at radius 3 is 3.05 bits per heavy atom. The molecule has 0 aliphatic carbocycles. The average molecular weight is 300 g/mol. The number of carbonyl (C=O) groups is 1. The summed E-state index contributed by atoms with van der Waals surface area (Å²) >= 11 is 1.59. The predicted molar refractivity (Wildman–Crippen MR) is 85.6 cm³/mol. The van der Waals surface area contributed by atoms with Crippen LogP contribution in [0.5, 0.6) is 0 Å². The molecule has 1 amide bonds. The molecule has 1 saturated heterocycles. The summed E-state index contributed by atoms with van der Waals surface area (Å²) in [7, 11) is 0. The standard InChI is InChI=1S/C17H20N2OS/c20-17(14-9-12-21-13-14)19-11-4-2-6-16(19)8-7-15-5-1-3-10-18-15/h1,3,5,9-10,12-13,16H,2,4,6-8,11H2/t16-/m0/s1. The molecule has 3 nitrogen and oxygen atoms in total. The molecule has 4 heteroatoms. The molecule has 0 spiro atoms. The minimum absolute atomic E-state index is 0.196. The van der Waals surface area contributed by atoms with Crippen LogP contribution in [0.4, 0.5) is 0 Å². The van der Waals surface area contributed by atoms with Gasteiger partial charge in [-0.25, -0.2) is 0 Å². The Hall–Kier alpha value is -1.68. The van der Waals surface area contributed by atoms with Crippen molar-refractivity contribution >= 4 is 17.2 Å². The molecule has 110 valence electrons. The fourth-order valence-corrected chi connectivity index (χ4v) is 3.61. The fraction of sp³-hybridized carbons (Fsp3) is 0.412. The van der Waals surface area contributed by atoms with Gasteiger partial charge in [0.15, 0.2) is 0 Å². The Kier molecular flexibility index (Phi) is 4.65. The molecule has 2 aromatic heterocycles. The molecule has 0 bridgehead atoms. The number of pyridine rings is 1. The number of aromatic nitrogens is 1. The van der Waals surface area contributed by atoms with Crippen LogP contribution in [0.15, 0.2) is 41.2 Å². The lowest BCUT2D eigenvalue weighted by atomic mass is 9.96. The van der Waals surface area contributed by atoms with Crippen molar-refractivity contribution in [1.29, 1.82) is 0 Å². The number of hydrogen-bond donors (Lipinski definition) is 0. The summed E-state index contributed by atoms with van der Waals surface area (Å²) < 4.78 is 0. The first-order valence-electron chi connectivity index (χ1n) is 7.57. The molecule has 1 fully saturated rings. The highest BCUT2D eigenvalue weighted by molar-refractivity contribution is 7.08. The van der Waals surface area contributed by atoms with Gasteiger partial charge in [0.25, 0.3) is 5.91 Å². The van der Waals surface area contributed by atoms with Crippen LogP contribution in [0, 0.1) is 0 Å². The van der Waals surface area contributed by atoms with Gasteiger partial charge < -0.3 is 4.90 Å². The van der Waals surface area contributed by atoms with Crippen molar-refractivity contribution in [3.63, 3.8) is 0 Å². The van der Waals surface area contributed by atoms with E-state index in [0.717, 1.165) is 43.5 Å². The summed E-state index contributed by atoms with van der Waals surface area (Å²) in [6.07, 6.45) is 7.25. The van der Waals surface area contributed by atoms with Crippen LogP contribution in [0.3, 0.4) is 0 Å². The molecule has 21 heavy (non-hydrogen) atoms. The predicted octanol–water partition coefficient (Wildman–Crippen LogP) is 3.77. The summed E-state index contributed by atoms with van der Waals surface area (Å²) in [5.74, 6) is 0.196. The van der Waals surface area contributed by atoms with E-state index >= 15 is 0 Å². The molecule has 0 N–H and O–H groups in total. The molecule has 0 aromatic carbocycles. The number of piperidine rings is 1. The lowest BCUT2D eigenvalue weighted by Crippen LogP contribution is -2.43. The monoisotopic (exact) mass is 300 g/mol. The van der Waals surface area contributed by atoms with Gasteiger partial charge in [0, 0.05) is 29.9 Å². The minimum Gasteiger partial charge on any atom is -0.336 e. The number of amides is 1. The second-order valence-electron chi connectivity index (χ2n) is 5.52. The first-order valence-corrected chi connectivity index (χ1v) is 8.52. The van der Waals surface area contributed by atoms with E-state index < -0.39 is 0 Å². The molecule has 3 rings (SSSR count). The summed E-state index contributed by atoms with van der Waals surface area (Å²) in [5, 5.41) is 3.92. The number of thiophene rings is 1. The Balaban J connectivity index is 1.65. The van der Waals surface area contributed by atoms with Crippen molar-refractivity contribution in [1.82, 2.24) is 9.88 Å². The quantitative estimate of drug-likeness (QED) is 0.861. The second-order valence-corrected chi connectivity index (χ2v) is 6.30. The average Bonchev–Trinajstić information content (AvgIpc) is 3.08. The molecule has 2 aromatic rings. The zero-order valence-corrected chi connectivity index (χ0v) is 12.9. The fourth-order valence-electron chi connectivity index (χ4n) is 2.98. The van der Waals surface area contributed by atoms with Crippen LogP contribution in [-0.2, 0) is 6.42 Å². The Bertz CT molecular complexity index is 568. The number of likely N-dealkylation sites (tertiary alicyclic amines) is 1. The van der Waals surface area contributed by atoms with Crippen LogP contribution >= 0.6 is 11.3 Å². The van der Waals surface area contributed by atoms with Gasteiger partial charge in [0.2, 0.25) is 0 Å². The third-order valence-electron chi connectivity index (χ3n) is 4.12. The number of rotatable bonds is 4. The maximum atomic E-state index is 12.6. The van der Waals surface area contributed by atoms with E-state index in [4.69, 9.17) is 0 Å². The van der Waals surface area contributed by atoms with E-state index in [0.29, 0.717) is 6.04 Å². The highest BCUT2D eigenvalue weighted by Gasteiger charge is 2.27. The number of nitrogens with zero attached hydrogens (tertiary/aromatic N) is 2. The van der Waals surface area contributed by atoms with Crippen molar-refractivity contribution in [2.24, 2.45) is 0 Å².